The zero-order valence-electron chi connectivity index (χ0n) is 15.8. The predicted molar refractivity (Wildman–Crippen MR) is 106 cm³/mol. The molecule has 0 unspecified atom stereocenters. The minimum absolute atomic E-state index is 0.331. The Balaban J connectivity index is 2.11. The Labute approximate surface area is 160 Å². The van der Waals surface area contributed by atoms with Gasteiger partial charge < -0.3 is 14.0 Å². The monoisotopic (exact) mass is 381 g/mol. The first-order valence-electron chi connectivity index (χ1n) is 8.55. The van der Waals surface area contributed by atoms with Gasteiger partial charge in [0.25, 0.3) is 0 Å². The third-order valence-electron chi connectivity index (χ3n) is 5.10. The minimum Gasteiger partial charge on any atom is -0.497 e. The van der Waals surface area contributed by atoms with E-state index in [0.29, 0.717) is 16.9 Å². The summed E-state index contributed by atoms with van der Waals surface area (Å²) in [5.41, 5.74) is 4.02. The Morgan fingerprint density at radius 3 is 2.37 bits per heavy atom. The van der Waals surface area contributed by atoms with Gasteiger partial charge in [0.05, 0.1) is 18.3 Å². The molecular weight excluding hydrogens is 362 g/mol. The zero-order chi connectivity index (χ0) is 19.5. The first-order valence-corrected chi connectivity index (χ1v) is 9.36. The van der Waals surface area contributed by atoms with Gasteiger partial charge in [-0.3, -0.25) is 0 Å². The summed E-state index contributed by atoms with van der Waals surface area (Å²) >= 11 is 1.60. The van der Waals surface area contributed by atoms with E-state index in [1.807, 2.05) is 56.7 Å². The van der Waals surface area contributed by atoms with E-state index >= 15 is 0 Å². The highest BCUT2D eigenvalue weighted by atomic mass is 32.1. The number of rotatable bonds is 3. The number of ether oxygens (including phenoxy) is 2. The highest BCUT2D eigenvalue weighted by molar-refractivity contribution is 7.12. The summed E-state index contributed by atoms with van der Waals surface area (Å²) in [5, 5.41) is 0.859. The average Bonchev–Trinajstić information content (AvgIpc) is 3.19. The summed E-state index contributed by atoms with van der Waals surface area (Å²) in [6.45, 7) is 5.87. The molecule has 1 aliphatic heterocycles. The van der Waals surface area contributed by atoms with Crippen LogP contribution in [0.25, 0.3) is 22.0 Å². The molecule has 5 nitrogen and oxygen atoms in total. The van der Waals surface area contributed by atoms with E-state index in [1.54, 1.807) is 18.4 Å². The van der Waals surface area contributed by atoms with Gasteiger partial charge in [-0.2, -0.15) is 0 Å². The van der Waals surface area contributed by atoms with Gasteiger partial charge in [-0.25, -0.2) is 9.59 Å². The molecule has 0 fully saturated rings. The normalized spacial score (nSPS) is 14.4. The number of fused-ring (bicyclic) bond motifs is 1. The van der Waals surface area contributed by atoms with Gasteiger partial charge >= 0.3 is 11.9 Å². The van der Waals surface area contributed by atoms with Crippen LogP contribution in [-0.2, 0) is 21.4 Å². The van der Waals surface area contributed by atoms with E-state index in [0.717, 1.165) is 37.5 Å². The number of benzene rings is 1. The number of cyclic esters (lactones) is 2. The Kier molecular flexibility index (Phi) is 3.96. The van der Waals surface area contributed by atoms with Crippen LogP contribution in [0.2, 0.25) is 0 Å². The van der Waals surface area contributed by atoms with E-state index in [9.17, 15) is 9.59 Å². The third kappa shape index (κ3) is 2.51. The molecule has 0 N–H and O–H groups in total. The molecule has 3 heterocycles. The molecule has 0 amide bonds. The number of esters is 2. The molecule has 138 valence electrons. The van der Waals surface area contributed by atoms with Crippen LogP contribution < -0.4 is 4.74 Å². The number of carbonyl (C=O) groups excluding carboxylic acids is 2. The van der Waals surface area contributed by atoms with Gasteiger partial charge in [0.2, 0.25) is 0 Å². The van der Waals surface area contributed by atoms with E-state index in [4.69, 9.17) is 9.47 Å². The number of methoxy groups -OCH3 is 1. The fourth-order valence-corrected chi connectivity index (χ4v) is 4.67. The predicted octanol–water partition coefficient (Wildman–Crippen LogP) is 4.17. The summed E-state index contributed by atoms with van der Waals surface area (Å²) in [7, 11) is 3.54. The number of aryl methyl sites for hydroxylation is 3. The SMILES string of the molecule is COc1ccc2c(c1)c(C1=C(c3cc(C)sc3C)C(=O)OC1=O)c(C)n2C. The van der Waals surface area contributed by atoms with Gasteiger partial charge in [0.1, 0.15) is 5.75 Å². The molecule has 6 heteroatoms. The number of hydrogen-bond acceptors (Lipinski definition) is 5. The number of nitrogens with zero attached hydrogens (tertiary/aromatic N) is 1. The van der Waals surface area contributed by atoms with Crippen LogP contribution in [-0.4, -0.2) is 23.6 Å². The maximum absolute atomic E-state index is 12.7. The molecule has 0 saturated heterocycles. The van der Waals surface area contributed by atoms with Crippen molar-refractivity contribution in [2.75, 3.05) is 7.11 Å². The van der Waals surface area contributed by atoms with Gasteiger partial charge in [-0.15, -0.1) is 11.3 Å². The van der Waals surface area contributed by atoms with Gasteiger partial charge in [0.15, 0.2) is 0 Å². The molecule has 1 aromatic carbocycles. The topological polar surface area (TPSA) is 57.5 Å². The number of aromatic nitrogens is 1. The largest absolute Gasteiger partial charge is 0.497 e. The molecule has 4 rings (SSSR count). The van der Waals surface area contributed by atoms with Crippen LogP contribution in [0.5, 0.6) is 5.75 Å². The molecule has 0 atom stereocenters. The summed E-state index contributed by atoms with van der Waals surface area (Å²) in [6, 6.07) is 7.67. The van der Waals surface area contributed by atoms with Crippen LogP contribution in [0.1, 0.15) is 26.6 Å². The van der Waals surface area contributed by atoms with Crippen molar-refractivity contribution in [1.29, 1.82) is 0 Å². The molecular formula is C21H19NO4S. The van der Waals surface area contributed by atoms with Gasteiger partial charge in [-0.05, 0) is 45.0 Å². The summed E-state index contributed by atoms with van der Waals surface area (Å²) in [6.07, 6.45) is 0. The zero-order valence-corrected chi connectivity index (χ0v) is 16.6. The molecule has 0 aliphatic carbocycles. The van der Waals surface area contributed by atoms with Crippen LogP contribution in [0.3, 0.4) is 0 Å². The maximum Gasteiger partial charge on any atom is 0.347 e. The van der Waals surface area contributed by atoms with E-state index in [2.05, 4.69) is 0 Å². The fourth-order valence-electron chi connectivity index (χ4n) is 3.73. The standard InChI is InChI=1S/C21H19NO4S/c1-10-8-14(12(3)27-10)18-19(21(24)26-20(18)23)17-11(2)22(4)16-7-6-13(25-5)9-15(16)17/h6-9H,1-5H3. The van der Waals surface area contributed by atoms with E-state index < -0.39 is 11.9 Å². The Morgan fingerprint density at radius 1 is 1.04 bits per heavy atom. The Morgan fingerprint density at radius 2 is 1.74 bits per heavy atom. The fraction of sp³-hybridized carbons (Fsp3) is 0.238. The van der Waals surface area contributed by atoms with Crippen molar-refractivity contribution in [3.05, 3.63) is 50.8 Å². The summed E-state index contributed by atoms with van der Waals surface area (Å²) in [5.74, 6) is -0.497. The smallest absolute Gasteiger partial charge is 0.347 e. The van der Waals surface area contributed by atoms with Crippen molar-refractivity contribution in [2.45, 2.75) is 20.8 Å². The van der Waals surface area contributed by atoms with Crippen LogP contribution in [0, 0.1) is 20.8 Å². The molecule has 3 aromatic rings. The molecule has 0 spiro atoms. The molecule has 2 aromatic heterocycles. The number of thiophene rings is 1. The lowest BCUT2D eigenvalue weighted by Gasteiger charge is -2.05. The second-order valence-corrected chi connectivity index (χ2v) is 8.12. The van der Waals surface area contributed by atoms with E-state index in [-0.39, 0.29) is 0 Å². The Bertz CT molecular complexity index is 1160. The average molecular weight is 381 g/mol. The molecule has 0 saturated carbocycles. The maximum atomic E-state index is 12.7. The quantitative estimate of drug-likeness (QED) is 0.505. The van der Waals surface area contributed by atoms with Gasteiger partial charge in [0, 0.05) is 44.5 Å². The second kappa shape index (κ2) is 6.09. The van der Waals surface area contributed by atoms with Crippen molar-refractivity contribution in [2.24, 2.45) is 7.05 Å². The van der Waals surface area contributed by atoms with Gasteiger partial charge in [-0.1, -0.05) is 0 Å². The lowest BCUT2D eigenvalue weighted by molar-refractivity contribution is -0.149. The summed E-state index contributed by atoms with van der Waals surface area (Å²) in [4.78, 5) is 27.4. The molecule has 27 heavy (non-hydrogen) atoms. The lowest BCUT2D eigenvalue weighted by atomic mass is 9.94. The van der Waals surface area contributed by atoms with Crippen molar-refractivity contribution in [3.63, 3.8) is 0 Å². The van der Waals surface area contributed by atoms with Crippen molar-refractivity contribution >= 4 is 45.3 Å². The first-order chi connectivity index (χ1) is 12.8. The van der Waals surface area contributed by atoms with Crippen LogP contribution in [0.15, 0.2) is 24.3 Å². The lowest BCUT2D eigenvalue weighted by Crippen LogP contribution is -2.02. The minimum atomic E-state index is -0.600. The highest BCUT2D eigenvalue weighted by Gasteiger charge is 2.38. The number of hydrogen-bond donors (Lipinski definition) is 0. The first kappa shape index (κ1) is 17.5. The third-order valence-corrected chi connectivity index (χ3v) is 6.07. The van der Waals surface area contributed by atoms with Crippen LogP contribution >= 0.6 is 11.3 Å². The Hall–Kier alpha value is -2.86. The van der Waals surface area contributed by atoms with Crippen molar-refractivity contribution < 1.29 is 19.1 Å². The molecule has 0 bridgehead atoms. The number of carbonyl (C=O) groups is 2. The summed E-state index contributed by atoms with van der Waals surface area (Å²) < 4.78 is 12.4. The van der Waals surface area contributed by atoms with Crippen molar-refractivity contribution in [3.8, 4) is 5.75 Å². The highest BCUT2D eigenvalue weighted by Crippen LogP contribution is 2.42. The van der Waals surface area contributed by atoms with E-state index in [1.165, 1.54) is 0 Å². The van der Waals surface area contributed by atoms with Crippen LogP contribution in [0.4, 0.5) is 0 Å². The second-order valence-electron chi connectivity index (χ2n) is 6.66. The molecule has 1 aliphatic rings. The van der Waals surface area contributed by atoms with Crippen molar-refractivity contribution in [1.82, 2.24) is 4.57 Å². The molecule has 0 radical (unpaired) electrons.